The van der Waals surface area contributed by atoms with Gasteiger partial charge in [0, 0.05) is 13.2 Å². The first kappa shape index (κ1) is 8.59. The Morgan fingerprint density at radius 3 is 3.15 bits per heavy atom. The molecule has 0 spiro atoms. The van der Waals surface area contributed by atoms with Crippen molar-refractivity contribution in [3.63, 3.8) is 0 Å². The van der Waals surface area contributed by atoms with E-state index in [1.807, 2.05) is 6.07 Å². The number of nitrogens with zero attached hydrogens (tertiary/aromatic N) is 2. The molecule has 0 aromatic carbocycles. The van der Waals surface area contributed by atoms with Crippen LogP contribution in [0.25, 0.3) is 0 Å². The standard InChI is InChI=1S/C9H13N3O/c10-5-7-4-8(12-6-11-7)9-2-1-3-13-9/h4,6,9H,1-3,5,10H2/t9-/m1/s1. The Kier molecular flexibility index (Phi) is 2.52. The van der Waals surface area contributed by atoms with E-state index in [2.05, 4.69) is 9.97 Å². The molecule has 0 bridgehead atoms. The van der Waals surface area contributed by atoms with E-state index in [-0.39, 0.29) is 6.10 Å². The van der Waals surface area contributed by atoms with Crippen molar-refractivity contribution in [3.05, 3.63) is 23.8 Å². The molecule has 0 unspecified atom stereocenters. The highest BCUT2D eigenvalue weighted by Crippen LogP contribution is 2.26. The lowest BCUT2D eigenvalue weighted by Crippen LogP contribution is -2.05. The summed E-state index contributed by atoms with van der Waals surface area (Å²) in [5.41, 5.74) is 7.33. The normalized spacial score (nSPS) is 22.1. The van der Waals surface area contributed by atoms with Gasteiger partial charge in [0.2, 0.25) is 0 Å². The molecule has 0 saturated carbocycles. The van der Waals surface area contributed by atoms with Gasteiger partial charge < -0.3 is 10.5 Å². The summed E-state index contributed by atoms with van der Waals surface area (Å²) in [6, 6.07) is 1.93. The molecular weight excluding hydrogens is 166 g/mol. The third-order valence-electron chi connectivity index (χ3n) is 2.21. The molecule has 13 heavy (non-hydrogen) atoms. The molecule has 4 heteroatoms. The van der Waals surface area contributed by atoms with Crippen molar-refractivity contribution < 1.29 is 4.74 Å². The minimum Gasteiger partial charge on any atom is -0.372 e. The predicted octanol–water partition coefficient (Wildman–Crippen LogP) is 0.787. The molecule has 0 amide bonds. The van der Waals surface area contributed by atoms with Crippen molar-refractivity contribution in [1.29, 1.82) is 0 Å². The van der Waals surface area contributed by atoms with Gasteiger partial charge >= 0.3 is 0 Å². The molecule has 1 aliphatic rings. The van der Waals surface area contributed by atoms with Crippen LogP contribution in [0.3, 0.4) is 0 Å². The third kappa shape index (κ3) is 1.84. The van der Waals surface area contributed by atoms with Crippen molar-refractivity contribution in [2.75, 3.05) is 6.61 Å². The van der Waals surface area contributed by atoms with E-state index in [1.54, 1.807) is 6.33 Å². The lowest BCUT2D eigenvalue weighted by molar-refractivity contribution is 0.108. The molecule has 1 aromatic rings. The summed E-state index contributed by atoms with van der Waals surface area (Å²) in [5.74, 6) is 0. The zero-order valence-corrected chi connectivity index (χ0v) is 7.44. The first-order valence-corrected chi connectivity index (χ1v) is 4.52. The summed E-state index contributed by atoms with van der Waals surface area (Å²) in [4.78, 5) is 8.22. The minimum absolute atomic E-state index is 0.160. The Morgan fingerprint density at radius 2 is 2.46 bits per heavy atom. The first-order valence-electron chi connectivity index (χ1n) is 4.52. The van der Waals surface area contributed by atoms with Crippen LogP contribution in [0.15, 0.2) is 12.4 Å². The Labute approximate surface area is 77.1 Å². The number of aromatic nitrogens is 2. The Hall–Kier alpha value is -1.00. The molecule has 2 heterocycles. The van der Waals surface area contributed by atoms with Crippen molar-refractivity contribution >= 4 is 0 Å². The quantitative estimate of drug-likeness (QED) is 0.729. The predicted molar refractivity (Wildman–Crippen MR) is 47.9 cm³/mol. The van der Waals surface area contributed by atoms with Crippen LogP contribution in [-0.2, 0) is 11.3 Å². The zero-order chi connectivity index (χ0) is 9.10. The minimum atomic E-state index is 0.160. The van der Waals surface area contributed by atoms with Crippen LogP contribution in [0.5, 0.6) is 0 Å². The molecule has 2 rings (SSSR count). The topological polar surface area (TPSA) is 61.0 Å². The number of ether oxygens (including phenoxy) is 1. The maximum Gasteiger partial charge on any atom is 0.116 e. The average Bonchev–Trinajstić information content (AvgIpc) is 2.71. The molecule has 1 fully saturated rings. The highest BCUT2D eigenvalue weighted by Gasteiger charge is 2.18. The Bertz CT molecular complexity index is 284. The van der Waals surface area contributed by atoms with Crippen LogP contribution in [0, 0.1) is 0 Å². The second-order valence-electron chi connectivity index (χ2n) is 3.14. The molecule has 1 aromatic heterocycles. The van der Waals surface area contributed by atoms with Crippen molar-refractivity contribution in [2.24, 2.45) is 5.73 Å². The van der Waals surface area contributed by atoms with Gasteiger partial charge in [-0.2, -0.15) is 0 Å². The SMILES string of the molecule is NCc1cc([C@H]2CCCO2)ncn1. The fraction of sp³-hybridized carbons (Fsp3) is 0.556. The van der Waals surface area contributed by atoms with Crippen molar-refractivity contribution in [3.8, 4) is 0 Å². The van der Waals surface area contributed by atoms with E-state index in [4.69, 9.17) is 10.5 Å². The number of rotatable bonds is 2. The summed E-state index contributed by atoms with van der Waals surface area (Å²) >= 11 is 0. The fourth-order valence-electron chi connectivity index (χ4n) is 1.51. The van der Waals surface area contributed by atoms with E-state index < -0.39 is 0 Å². The molecule has 0 radical (unpaired) electrons. The van der Waals surface area contributed by atoms with Gasteiger partial charge in [-0.15, -0.1) is 0 Å². The first-order chi connectivity index (χ1) is 6.40. The lowest BCUT2D eigenvalue weighted by Gasteiger charge is -2.08. The molecule has 1 atom stereocenters. The second-order valence-corrected chi connectivity index (χ2v) is 3.14. The van der Waals surface area contributed by atoms with Crippen LogP contribution < -0.4 is 5.73 Å². The smallest absolute Gasteiger partial charge is 0.116 e. The van der Waals surface area contributed by atoms with Crippen LogP contribution in [-0.4, -0.2) is 16.6 Å². The largest absolute Gasteiger partial charge is 0.372 e. The van der Waals surface area contributed by atoms with Gasteiger partial charge in [0.15, 0.2) is 0 Å². The van der Waals surface area contributed by atoms with Gasteiger partial charge in [-0.25, -0.2) is 9.97 Å². The maximum absolute atomic E-state index is 5.51. The number of nitrogens with two attached hydrogens (primary N) is 1. The summed E-state index contributed by atoms with van der Waals surface area (Å²) in [6.07, 6.45) is 3.89. The van der Waals surface area contributed by atoms with Gasteiger partial charge in [-0.3, -0.25) is 0 Å². The molecule has 1 aliphatic heterocycles. The number of hydrogen-bond acceptors (Lipinski definition) is 4. The van der Waals surface area contributed by atoms with Crippen LogP contribution in [0.4, 0.5) is 0 Å². The summed E-state index contributed by atoms with van der Waals surface area (Å²) in [5, 5.41) is 0. The van der Waals surface area contributed by atoms with Gasteiger partial charge in [-0.05, 0) is 18.9 Å². The second kappa shape index (κ2) is 3.81. The summed E-state index contributed by atoms with van der Waals surface area (Å²) < 4.78 is 5.51. The molecule has 1 saturated heterocycles. The summed E-state index contributed by atoms with van der Waals surface area (Å²) in [7, 11) is 0. The van der Waals surface area contributed by atoms with Gasteiger partial charge in [0.05, 0.1) is 17.5 Å². The molecule has 2 N–H and O–H groups in total. The van der Waals surface area contributed by atoms with Gasteiger partial charge in [0.25, 0.3) is 0 Å². The van der Waals surface area contributed by atoms with E-state index in [9.17, 15) is 0 Å². The monoisotopic (exact) mass is 179 g/mol. The van der Waals surface area contributed by atoms with Gasteiger partial charge in [0.1, 0.15) is 6.33 Å². The van der Waals surface area contributed by atoms with E-state index >= 15 is 0 Å². The highest BCUT2D eigenvalue weighted by atomic mass is 16.5. The molecule has 70 valence electrons. The fourth-order valence-corrected chi connectivity index (χ4v) is 1.51. The van der Waals surface area contributed by atoms with Crippen molar-refractivity contribution in [2.45, 2.75) is 25.5 Å². The zero-order valence-electron chi connectivity index (χ0n) is 7.44. The Morgan fingerprint density at radius 1 is 1.54 bits per heavy atom. The van der Waals surface area contributed by atoms with E-state index in [1.165, 1.54) is 0 Å². The third-order valence-corrected chi connectivity index (χ3v) is 2.21. The average molecular weight is 179 g/mol. The van der Waals surface area contributed by atoms with E-state index in [0.717, 1.165) is 30.8 Å². The van der Waals surface area contributed by atoms with E-state index in [0.29, 0.717) is 6.54 Å². The number of hydrogen-bond donors (Lipinski definition) is 1. The molecule has 4 nitrogen and oxygen atoms in total. The summed E-state index contributed by atoms with van der Waals surface area (Å²) in [6.45, 7) is 1.30. The Balaban J connectivity index is 2.18. The van der Waals surface area contributed by atoms with Crippen LogP contribution in [0.2, 0.25) is 0 Å². The van der Waals surface area contributed by atoms with Crippen LogP contribution in [0.1, 0.15) is 30.3 Å². The lowest BCUT2D eigenvalue weighted by atomic mass is 10.1. The highest BCUT2D eigenvalue weighted by molar-refractivity contribution is 5.11. The van der Waals surface area contributed by atoms with Crippen LogP contribution >= 0.6 is 0 Å². The molecule has 0 aliphatic carbocycles. The molecular formula is C9H13N3O. The van der Waals surface area contributed by atoms with Gasteiger partial charge in [-0.1, -0.05) is 0 Å². The van der Waals surface area contributed by atoms with Crippen molar-refractivity contribution in [1.82, 2.24) is 9.97 Å². The maximum atomic E-state index is 5.51.